The molecule has 0 aliphatic heterocycles. The highest BCUT2D eigenvalue weighted by Crippen LogP contribution is 1.93. The fourth-order valence-corrected chi connectivity index (χ4v) is 0.929. The van der Waals surface area contributed by atoms with Gasteiger partial charge < -0.3 is 0 Å². The van der Waals surface area contributed by atoms with Gasteiger partial charge in [0.25, 0.3) is 5.91 Å². The van der Waals surface area contributed by atoms with Crippen molar-refractivity contribution in [2.24, 2.45) is 5.84 Å². The predicted molar refractivity (Wildman–Crippen MR) is 55.7 cm³/mol. The molecule has 1 rings (SSSR count). The summed E-state index contributed by atoms with van der Waals surface area (Å²) in [4.78, 5) is 11.2. The molecule has 0 aromatic heterocycles. The zero-order chi connectivity index (χ0) is 10.2. The first kappa shape index (κ1) is 10.2. The molecule has 0 aliphatic carbocycles. The highest BCUT2D eigenvalue weighted by Gasteiger charge is 1.97. The van der Waals surface area contributed by atoms with Gasteiger partial charge >= 0.3 is 0 Å². The Hall–Kier alpha value is -1.87. The quantitative estimate of drug-likeness (QED) is 0.398. The minimum Gasteiger partial charge on any atom is -0.290 e. The Kier molecular flexibility index (Phi) is 4.17. The molecule has 0 saturated carbocycles. The number of nitrogens with two attached hydrogens (primary N) is 1. The van der Waals surface area contributed by atoms with Crippen LogP contribution in [0.4, 0.5) is 0 Å². The molecule has 0 atom stereocenters. The van der Waals surface area contributed by atoms with Gasteiger partial charge in [-0.3, -0.25) is 10.2 Å². The van der Waals surface area contributed by atoms with E-state index >= 15 is 0 Å². The molecule has 1 amide bonds. The van der Waals surface area contributed by atoms with Gasteiger partial charge in [0.2, 0.25) is 0 Å². The van der Waals surface area contributed by atoms with E-state index in [0.717, 1.165) is 0 Å². The summed E-state index contributed by atoms with van der Waals surface area (Å²) in [6.45, 7) is 0. The number of hydrogen-bond acceptors (Lipinski definition) is 2. The van der Waals surface area contributed by atoms with E-state index in [0.29, 0.717) is 5.56 Å². The second kappa shape index (κ2) is 5.72. The number of nitrogens with one attached hydrogen (secondary N) is 1. The number of carbonyl (C=O) groups is 1. The monoisotopic (exact) mass is 188 g/mol. The molecule has 0 heterocycles. The first-order valence-electron chi connectivity index (χ1n) is 4.24. The van der Waals surface area contributed by atoms with Crippen molar-refractivity contribution < 1.29 is 4.79 Å². The van der Waals surface area contributed by atoms with Gasteiger partial charge in [0.15, 0.2) is 0 Å². The van der Waals surface area contributed by atoms with Crippen molar-refractivity contribution in [2.45, 2.75) is 0 Å². The summed E-state index contributed by atoms with van der Waals surface area (Å²) >= 11 is 0. The van der Waals surface area contributed by atoms with Crippen LogP contribution in [-0.2, 0) is 0 Å². The molecule has 3 N–H and O–H groups in total. The van der Waals surface area contributed by atoms with Crippen LogP contribution < -0.4 is 11.3 Å². The molecule has 0 bridgehead atoms. The van der Waals surface area contributed by atoms with Crippen LogP contribution in [0.2, 0.25) is 0 Å². The van der Waals surface area contributed by atoms with Gasteiger partial charge in [-0.25, -0.2) is 5.84 Å². The molecule has 0 unspecified atom stereocenters. The third kappa shape index (κ3) is 3.25. The van der Waals surface area contributed by atoms with E-state index in [1.807, 2.05) is 30.3 Å². The van der Waals surface area contributed by atoms with Crippen molar-refractivity contribution in [2.75, 3.05) is 0 Å². The van der Waals surface area contributed by atoms with Crippen LogP contribution in [0, 0.1) is 0 Å². The summed E-state index contributed by atoms with van der Waals surface area (Å²) in [5, 5.41) is 0. The molecule has 3 nitrogen and oxygen atoms in total. The van der Waals surface area contributed by atoms with E-state index < -0.39 is 0 Å². The molecule has 0 saturated heterocycles. The Labute approximate surface area is 82.9 Å². The Balaban J connectivity index is 3.13. The van der Waals surface area contributed by atoms with Gasteiger partial charge in [-0.15, -0.1) is 0 Å². The van der Waals surface area contributed by atoms with Crippen LogP contribution in [-0.4, -0.2) is 5.91 Å². The summed E-state index contributed by atoms with van der Waals surface area (Å²) in [7, 11) is 0. The highest BCUT2D eigenvalue weighted by molar-refractivity contribution is 5.93. The average molecular weight is 188 g/mol. The fraction of sp³-hybridized carbons (Fsp3) is 0. The lowest BCUT2D eigenvalue weighted by Gasteiger charge is -1.94. The van der Waals surface area contributed by atoms with Gasteiger partial charge in [0.05, 0.1) is 0 Å². The summed E-state index contributed by atoms with van der Waals surface area (Å²) in [6.07, 6.45) is 0. The summed E-state index contributed by atoms with van der Waals surface area (Å²) in [6, 6.07) is 16.3. The Morgan fingerprint density at radius 3 is 1.79 bits per heavy atom. The van der Waals surface area contributed by atoms with Gasteiger partial charge in [0.1, 0.15) is 0 Å². The Morgan fingerprint density at radius 2 is 1.36 bits per heavy atom. The lowest BCUT2D eigenvalue weighted by atomic mass is 10.2. The van der Waals surface area contributed by atoms with Gasteiger partial charge in [-0.1, -0.05) is 42.5 Å². The minimum absolute atomic E-state index is 0.302. The van der Waals surface area contributed by atoms with Crippen molar-refractivity contribution in [3.63, 3.8) is 0 Å². The maximum absolute atomic E-state index is 11.2. The van der Waals surface area contributed by atoms with Crippen LogP contribution in [0.3, 0.4) is 0 Å². The standard InChI is InChI=1S/C11H12N2O/c12-13-11(14)10-8-6-4-2-1-3-5-7-9-10/h1-9H,12H2,(H,13,14). The van der Waals surface area contributed by atoms with Crippen molar-refractivity contribution in [3.05, 3.63) is 60.2 Å². The van der Waals surface area contributed by atoms with E-state index in [4.69, 9.17) is 5.84 Å². The molecule has 0 spiro atoms. The molecule has 0 aliphatic rings. The van der Waals surface area contributed by atoms with E-state index in [2.05, 4.69) is 5.43 Å². The van der Waals surface area contributed by atoms with Crippen molar-refractivity contribution in [3.8, 4) is 0 Å². The van der Waals surface area contributed by atoms with Gasteiger partial charge in [-0.2, -0.15) is 0 Å². The molecule has 14 heavy (non-hydrogen) atoms. The van der Waals surface area contributed by atoms with Crippen LogP contribution in [0.25, 0.3) is 0 Å². The predicted octanol–water partition coefficient (Wildman–Crippen LogP) is 1.41. The van der Waals surface area contributed by atoms with Crippen molar-refractivity contribution in [1.82, 2.24) is 5.43 Å². The first-order valence-corrected chi connectivity index (χ1v) is 4.24. The third-order valence-electron chi connectivity index (χ3n) is 1.61. The molecular weight excluding hydrogens is 176 g/mol. The lowest BCUT2D eigenvalue weighted by Crippen LogP contribution is -2.29. The molecule has 3 heteroatoms. The van der Waals surface area contributed by atoms with Gasteiger partial charge in [-0.05, 0) is 12.1 Å². The maximum Gasteiger partial charge on any atom is 0.265 e. The van der Waals surface area contributed by atoms with E-state index in [1.54, 1.807) is 24.3 Å². The lowest BCUT2D eigenvalue weighted by molar-refractivity contribution is 0.0953. The number of amides is 1. The van der Waals surface area contributed by atoms with Crippen molar-refractivity contribution in [1.29, 1.82) is 0 Å². The number of carbonyl (C=O) groups excluding carboxylic acids is 1. The Bertz CT molecular complexity index is 337. The Morgan fingerprint density at radius 1 is 0.929 bits per heavy atom. The second-order valence-electron chi connectivity index (χ2n) is 2.61. The first-order chi connectivity index (χ1) is 6.84. The van der Waals surface area contributed by atoms with E-state index in [9.17, 15) is 4.79 Å². The zero-order valence-electron chi connectivity index (χ0n) is 7.68. The minimum atomic E-state index is -0.302. The summed E-state index contributed by atoms with van der Waals surface area (Å²) in [5.41, 5.74) is 2.60. The molecule has 1 aromatic carbocycles. The van der Waals surface area contributed by atoms with Crippen LogP contribution in [0.15, 0.2) is 54.6 Å². The number of rotatable bonds is 1. The SMILES string of the molecule is NNC(=O)c1ccccccccc1. The molecule has 0 fully saturated rings. The van der Waals surface area contributed by atoms with E-state index in [1.165, 1.54) is 0 Å². The van der Waals surface area contributed by atoms with E-state index in [-0.39, 0.29) is 5.91 Å². The molecule has 0 radical (unpaired) electrons. The fourth-order valence-electron chi connectivity index (χ4n) is 0.929. The smallest absolute Gasteiger partial charge is 0.265 e. The number of nitrogen functional groups attached to an aromatic ring is 1. The van der Waals surface area contributed by atoms with Crippen LogP contribution in [0.5, 0.6) is 0 Å². The van der Waals surface area contributed by atoms with Crippen LogP contribution in [0.1, 0.15) is 10.4 Å². The number of hydrogen-bond donors (Lipinski definition) is 2. The zero-order valence-corrected chi connectivity index (χ0v) is 7.68. The topological polar surface area (TPSA) is 55.1 Å². The third-order valence-corrected chi connectivity index (χ3v) is 1.61. The molecule has 1 aromatic rings. The molecular formula is C11H12N2O. The largest absolute Gasteiger partial charge is 0.290 e. The van der Waals surface area contributed by atoms with Gasteiger partial charge in [0, 0.05) is 5.56 Å². The summed E-state index contributed by atoms with van der Waals surface area (Å²) < 4.78 is 0. The van der Waals surface area contributed by atoms with Crippen molar-refractivity contribution >= 4 is 5.91 Å². The second-order valence-corrected chi connectivity index (χ2v) is 2.61. The maximum atomic E-state index is 11.2. The normalized spacial score (nSPS) is 8.64. The number of hydrazine groups is 1. The summed E-state index contributed by atoms with van der Waals surface area (Å²) in [5.74, 6) is 4.73. The molecule has 72 valence electrons. The van der Waals surface area contributed by atoms with Crippen LogP contribution >= 0.6 is 0 Å². The average Bonchev–Trinajstić information content (AvgIpc) is 2.24. The highest BCUT2D eigenvalue weighted by atomic mass is 16.2.